The van der Waals surface area contributed by atoms with Crippen LogP contribution in [0, 0.1) is 11.7 Å². The van der Waals surface area contributed by atoms with Gasteiger partial charge in [-0.1, -0.05) is 0 Å². The second-order valence-corrected chi connectivity index (χ2v) is 9.22. The summed E-state index contributed by atoms with van der Waals surface area (Å²) in [6.07, 6.45) is 2.36. The average molecular weight is 515 g/mol. The van der Waals surface area contributed by atoms with Gasteiger partial charge in [-0.2, -0.15) is 0 Å². The molecule has 5 rings (SSSR count). The van der Waals surface area contributed by atoms with Crippen LogP contribution in [0.5, 0.6) is 5.88 Å². The van der Waals surface area contributed by atoms with Crippen LogP contribution in [0.2, 0.25) is 0 Å². The van der Waals surface area contributed by atoms with Crippen molar-refractivity contribution in [1.29, 1.82) is 0 Å². The molecule has 1 aromatic heterocycles. The molecule has 4 N–H and O–H groups in total. The lowest BCUT2D eigenvalue weighted by Crippen LogP contribution is -2.30. The van der Waals surface area contributed by atoms with Gasteiger partial charge in [0, 0.05) is 5.69 Å². The van der Waals surface area contributed by atoms with Gasteiger partial charge in [-0.25, -0.2) is 19.2 Å². The number of aliphatic hydroxyl groups is 1. The maximum atomic E-state index is 14.6. The molecular weight excluding hydrogens is 487 g/mol. The van der Waals surface area contributed by atoms with Gasteiger partial charge in [0.15, 0.2) is 18.2 Å². The lowest BCUT2D eigenvalue weighted by atomic mass is 10.1. The molecule has 1 aliphatic carbocycles. The van der Waals surface area contributed by atoms with Crippen LogP contribution in [0.25, 0.3) is 0 Å². The summed E-state index contributed by atoms with van der Waals surface area (Å²) in [6, 6.07) is 3.11. The number of carbonyl (C=O) groups excluding carboxylic acids is 3. The van der Waals surface area contributed by atoms with Crippen molar-refractivity contribution in [3.63, 3.8) is 0 Å². The molecule has 1 saturated heterocycles. The van der Waals surface area contributed by atoms with Gasteiger partial charge in [0.1, 0.15) is 11.9 Å². The summed E-state index contributed by atoms with van der Waals surface area (Å²) >= 11 is 0. The first-order chi connectivity index (χ1) is 17.9. The first kappa shape index (κ1) is 24.8. The number of nitrogens with one attached hydrogen (secondary N) is 3. The first-order valence-corrected chi connectivity index (χ1v) is 12.1. The van der Waals surface area contributed by atoms with Crippen molar-refractivity contribution in [3.8, 4) is 5.88 Å². The summed E-state index contributed by atoms with van der Waals surface area (Å²) in [5, 5.41) is 17.4. The number of fused-ring (bicyclic) bond motifs is 2. The second-order valence-electron chi connectivity index (χ2n) is 9.22. The van der Waals surface area contributed by atoms with Gasteiger partial charge in [0.25, 0.3) is 11.8 Å². The normalized spacial score (nSPS) is 20.1. The Morgan fingerprint density at radius 2 is 2.16 bits per heavy atom. The SMILES string of the molecule is O=C(CCO)Nc1cc(F)c2c(c1)CC(CNCCC1CN(c3cnc4c(n3)NC(=O)CO4)C(=O)O1)C2. The van der Waals surface area contributed by atoms with E-state index in [0.717, 1.165) is 5.56 Å². The average Bonchev–Trinajstić information content (AvgIpc) is 3.44. The van der Waals surface area contributed by atoms with Crippen LogP contribution < -0.4 is 25.6 Å². The third kappa shape index (κ3) is 5.62. The number of hydrogen-bond donors (Lipinski definition) is 4. The van der Waals surface area contributed by atoms with Crippen molar-refractivity contribution in [2.24, 2.45) is 5.92 Å². The lowest BCUT2D eigenvalue weighted by molar-refractivity contribution is -0.119. The van der Waals surface area contributed by atoms with Crippen LogP contribution in [0.15, 0.2) is 18.3 Å². The number of rotatable bonds is 9. The van der Waals surface area contributed by atoms with Crippen LogP contribution in [0.1, 0.15) is 24.0 Å². The molecule has 0 spiro atoms. The van der Waals surface area contributed by atoms with Crippen molar-refractivity contribution in [2.45, 2.75) is 31.8 Å². The molecule has 0 saturated carbocycles. The van der Waals surface area contributed by atoms with Gasteiger partial charge in [-0.3, -0.25) is 14.5 Å². The number of aliphatic hydroxyl groups excluding tert-OH is 1. The molecule has 37 heavy (non-hydrogen) atoms. The summed E-state index contributed by atoms with van der Waals surface area (Å²) in [4.78, 5) is 45.3. The van der Waals surface area contributed by atoms with Crippen molar-refractivity contribution < 1.29 is 33.4 Å². The molecule has 2 aliphatic heterocycles. The van der Waals surface area contributed by atoms with Crippen LogP contribution in [0.4, 0.5) is 26.5 Å². The van der Waals surface area contributed by atoms with Gasteiger partial charge in [-0.05, 0) is 61.5 Å². The van der Waals surface area contributed by atoms with E-state index in [1.807, 2.05) is 0 Å². The molecule has 0 radical (unpaired) electrons. The highest BCUT2D eigenvalue weighted by atomic mass is 19.1. The minimum atomic E-state index is -0.536. The van der Waals surface area contributed by atoms with E-state index in [0.29, 0.717) is 50.1 Å². The standard InChI is InChI=1S/C24H27FN6O6/c25-18-8-15(28-20(33)2-4-32)7-14-5-13(6-17(14)18)9-26-3-1-16-11-31(24(35)37-16)19-10-27-23-22(29-19)30-21(34)12-36-23/h7-8,10,13,16,26,32H,1-6,9,11-12H2,(H,28,33)(H,29,30,34). The zero-order valence-electron chi connectivity index (χ0n) is 20.0. The van der Waals surface area contributed by atoms with E-state index < -0.39 is 6.09 Å². The van der Waals surface area contributed by atoms with Crippen LogP contribution in [-0.2, 0) is 27.2 Å². The number of carbonyl (C=O) groups is 3. The van der Waals surface area contributed by atoms with E-state index in [9.17, 15) is 18.8 Å². The van der Waals surface area contributed by atoms with Crippen molar-refractivity contribution in [1.82, 2.24) is 15.3 Å². The summed E-state index contributed by atoms with van der Waals surface area (Å²) in [5.74, 6) is -0.197. The maximum Gasteiger partial charge on any atom is 0.415 e. The molecule has 3 aliphatic rings. The van der Waals surface area contributed by atoms with Crippen LogP contribution in [-0.4, -0.2) is 71.9 Å². The predicted octanol–water partition coefficient (Wildman–Crippen LogP) is 0.987. The van der Waals surface area contributed by atoms with Gasteiger partial charge < -0.3 is 30.5 Å². The van der Waals surface area contributed by atoms with Gasteiger partial charge in [0.05, 0.1) is 25.8 Å². The minimum absolute atomic E-state index is 0.0345. The van der Waals surface area contributed by atoms with Gasteiger partial charge in [-0.15, -0.1) is 0 Å². The van der Waals surface area contributed by atoms with Gasteiger partial charge >= 0.3 is 6.09 Å². The maximum absolute atomic E-state index is 14.6. The number of cyclic esters (lactones) is 1. The fourth-order valence-corrected chi connectivity index (χ4v) is 4.73. The molecule has 2 atom stereocenters. The minimum Gasteiger partial charge on any atom is -0.465 e. The Bertz CT molecular complexity index is 1230. The topological polar surface area (TPSA) is 155 Å². The third-order valence-corrected chi connectivity index (χ3v) is 6.46. The third-order valence-electron chi connectivity index (χ3n) is 6.46. The van der Waals surface area contributed by atoms with Crippen LogP contribution >= 0.6 is 0 Å². The number of halogens is 1. The van der Waals surface area contributed by atoms with Gasteiger partial charge in [0.2, 0.25) is 5.91 Å². The number of anilines is 3. The Kier molecular flexibility index (Phi) is 7.15. The Morgan fingerprint density at radius 3 is 3.00 bits per heavy atom. The van der Waals surface area contributed by atoms with E-state index in [1.54, 1.807) is 6.07 Å². The zero-order valence-corrected chi connectivity index (χ0v) is 20.0. The second kappa shape index (κ2) is 10.6. The van der Waals surface area contributed by atoms with E-state index in [4.69, 9.17) is 14.6 Å². The van der Waals surface area contributed by atoms with E-state index in [2.05, 4.69) is 25.9 Å². The number of nitrogens with zero attached hydrogens (tertiary/aromatic N) is 3. The molecule has 3 heterocycles. The highest BCUT2D eigenvalue weighted by Gasteiger charge is 2.34. The molecule has 2 unspecified atom stereocenters. The largest absolute Gasteiger partial charge is 0.465 e. The Labute approximate surface area is 211 Å². The quantitative estimate of drug-likeness (QED) is 0.359. The fourth-order valence-electron chi connectivity index (χ4n) is 4.73. The zero-order chi connectivity index (χ0) is 25.9. The molecule has 1 fully saturated rings. The molecule has 2 aromatic rings. The van der Waals surface area contributed by atoms with E-state index >= 15 is 0 Å². The lowest BCUT2D eigenvalue weighted by Gasteiger charge is -2.18. The molecule has 196 valence electrons. The molecule has 1 aromatic carbocycles. The molecule has 13 heteroatoms. The Morgan fingerprint density at radius 1 is 1.30 bits per heavy atom. The van der Waals surface area contributed by atoms with Crippen molar-refractivity contribution >= 4 is 35.2 Å². The molecular formula is C24H27FN6O6. The monoisotopic (exact) mass is 514 g/mol. The number of aromatic nitrogens is 2. The van der Waals surface area contributed by atoms with E-state index in [-0.39, 0.29) is 66.8 Å². The number of ether oxygens (including phenoxy) is 2. The highest BCUT2D eigenvalue weighted by Crippen LogP contribution is 2.32. The number of amides is 3. The molecule has 3 amide bonds. The van der Waals surface area contributed by atoms with Crippen LogP contribution in [0.3, 0.4) is 0 Å². The smallest absolute Gasteiger partial charge is 0.415 e. The highest BCUT2D eigenvalue weighted by molar-refractivity contribution is 5.94. The summed E-state index contributed by atoms with van der Waals surface area (Å²) in [7, 11) is 0. The predicted molar refractivity (Wildman–Crippen MR) is 129 cm³/mol. The fraction of sp³-hybridized carbons (Fsp3) is 0.458. The first-order valence-electron chi connectivity index (χ1n) is 12.1. The Hall–Kier alpha value is -3.84. The summed E-state index contributed by atoms with van der Waals surface area (Å²) in [6.45, 7) is 1.17. The van der Waals surface area contributed by atoms with E-state index in [1.165, 1.54) is 17.2 Å². The van der Waals surface area contributed by atoms with Crippen molar-refractivity contribution in [3.05, 3.63) is 35.3 Å². The Balaban J connectivity index is 1.08. The summed E-state index contributed by atoms with van der Waals surface area (Å²) < 4.78 is 25.2. The summed E-state index contributed by atoms with van der Waals surface area (Å²) in [5.41, 5.74) is 1.94. The number of benzene rings is 1. The molecule has 12 nitrogen and oxygen atoms in total. The molecule has 0 bridgehead atoms. The van der Waals surface area contributed by atoms with Crippen molar-refractivity contribution in [2.75, 3.05) is 48.4 Å². The number of hydrogen-bond acceptors (Lipinski definition) is 9.